The number of nitrogens with one attached hydrogen (secondary N) is 1. The molecule has 2 saturated carbocycles. The van der Waals surface area contributed by atoms with Crippen LogP contribution in [0.2, 0.25) is 0 Å². The van der Waals surface area contributed by atoms with Gasteiger partial charge in [-0.05, 0) is 49.7 Å². The number of carbonyl (C=O) groups excluding carboxylic acids is 1. The molecule has 24 heavy (non-hydrogen) atoms. The number of amides is 1. The van der Waals surface area contributed by atoms with Gasteiger partial charge in [-0.3, -0.25) is 9.59 Å². The first-order valence-corrected chi connectivity index (χ1v) is 9.17. The second-order valence-electron chi connectivity index (χ2n) is 7.97. The molecule has 0 heterocycles. The highest BCUT2D eigenvalue weighted by Gasteiger charge is 2.60. The van der Waals surface area contributed by atoms with Crippen molar-refractivity contribution in [2.45, 2.75) is 68.7 Å². The molecule has 0 bridgehead atoms. The Morgan fingerprint density at radius 1 is 1.12 bits per heavy atom. The van der Waals surface area contributed by atoms with Crippen molar-refractivity contribution in [3.8, 4) is 0 Å². The highest BCUT2D eigenvalue weighted by molar-refractivity contribution is 5.86. The fraction of sp³-hybridized carbons (Fsp3) is 0.600. The maximum Gasteiger partial charge on any atom is 0.305 e. The van der Waals surface area contributed by atoms with Gasteiger partial charge in [0.05, 0.1) is 12.0 Å². The van der Waals surface area contributed by atoms with E-state index < -0.39 is 11.5 Å². The lowest BCUT2D eigenvalue weighted by atomic mass is 9.78. The second kappa shape index (κ2) is 5.61. The summed E-state index contributed by atoms with van der Waals surface area (Å²) in [4.78, 5) is 24.2. The molecule has 4 heteroatoms. The molecule has 1 spiro atoms. The Morgan fingerprint density at radius 3 is 2.62 bits per heavy atom. The zero-order valence-electron chi connectivity index (χ0n) is 14.0. The van der Waals surface area contributed by atoms with Gasteiger partial charge < -0.3 is 10.4 Å². The van der Waals surface area contributed by atoms with E-state index >= 15 is 0 Å². The van der Waals surface area contributed by atoms with E-state index in [2.05, 4.69) is 29.6 Å². The van der Waals surface area contributed by atoms with Crippen LogP contribution >= 0.6 is 0 Å². The van der Waals surface area contributed by atoms with Crippen LogP contribution in [0.3, 0.4) is 0 Å². The second-order valence-corrected chi connectivity index (χ2v) is 7.97. The Kier molecular flexibility index (Phi) is 3.66. The van der Waals surface area contributed by atoms with E-state index in [1.165, 1.54) is 11.1 Å². The molecule has 2 unspecified atom stereocenters. The van der Waals surface area contributed by atoms with E-state index in [1.54, 1.807) is 0 Å². The lowest BCUT2D eigenvalue weighted by Crippen LogP contribution is -2.49. The van der Waals surface area contributed by atoms with E-state index in [1.807, 2.05) is 0 Å². The molecular formula is C20H25NO3. The lowest BCUT2D eigenvalue weighted by molar-refractivity contribution is -0.139. The first-order chi connectivity index (χ1) is 11.5. The summed E-state index contributed by atoms with van der Waals surface area (Å²) in [6.07, 6.45) is 7.89. The first-order valence-electron chi connectivity index (χ1n) is 9.17. The predicted octanol–water partition coefficient (Wildman–Crippen LogP) is 3.18. The number of carboxylic acids is 1. The van der Waals surface area contributed by atoms with Crippen LogP contribution in [0, 0.1) is 5.92 Å². The third kappa shape index (κ3) is 2.52. The maximum absolute atomic E-state index is 12.9. The number of benzene rings is 1. The number of carboxylic acid groups (broad SMARTS) is 1. The molecule has 1 amide bonds. The summed E-state index contributed by atoms with van der Waals surface area (Å²) in [5.74, 6) is -0.717. The maximum atomic E-state index is 12.9. The van der Waals surface area contributed by atoms with E-state index in [0.717, 1.165) is 51.4 Å². The fourth-order valence-electron chi connectivity index (χ4n) is 5.21. The van der Waals surface area contributed by atoms with E-state index in [-0.39, 0.29) is 23.7 Å². The van der Waals surface area contributed by atoms with Gasteiger partial charge in [-0.1, -0.05) is 37.1 Å². The Bertz CT molecular complexity index is 677. The minimum atomic E-state index is -0.814. The van der Waals surface area contributed by atoms with Gasteiger partial charge in [-0.25, -0.2) is 0 Å². The predicted molar refractivity (Wildman–Crippen MR) is 90.8 cm³/mol. The van der Waals surface area contributed by atoms with Crippen molar-refractivity contribution in [2.75, 3.05) is 0 Å². The Morgan fingerprint density at radius 2 is 1.88 bits per heavy atom. The zero-order valence-corrected chi connectivity index (χ0v) is 14.0. The molecule has 0 radical (unpaired) electrons. The molecule has 3 aliphatic carbocycles. The molecule has 4 rings (SSSR count). The van der Waals surface area contributed by atoms with Crippen molar-refractivity contribution in [3.63, 3.8) is 0 Å². The number of hydrogen-bond donors (Lipinski definition) is 2. The number of aryl methyl sites for hydroxylation is 1. The molecule has 3 aliphatic rings. The summed E-state index contributed by atoms with van der Waals surface area (Å²) in [6, 6.07) is 8.52. The highest BCUT2D eigenvalue weighted by atomic mass is 16.4. The first kappa shape index (κ1) is 15.7. The van der Waals surface area contributed by atoms with Crippen molar-refractivity contribution in [1.29, 1.82) is 0 Å². The number of rotatable bonds is 4. The van der Waals surface area contributed by atoms with E-state index in [4.69, 9.17) is 0 Å². The average Bonchev–Trinajstić information content (AvgIpc) is 3.09. The minimum Gasteiger partial charge on any atom is -0.481 e. The fourth-order valence-corrected chi connectivity index (χ4v) is 5.21. The van der Waals surface area contributed by atoms with Gasteiger partial charge in [0.1, 0.15) is 0 Å². The molecular weight excluding hydrogens is 302 g/mol. The SMILES string of the molecule is O=C(O)CC1(NC(=O)C2CC23CCCc2ccccc23)CCCC1. The summed E-state index contributed by atoms with van der Waals surface area (Å²) in [7, 11) is 0. The van der Waals surface area contributed by atoms with Gasteiger partial charge in [0.15, 0.2) is 0 Å². The minimum absolute atomic E-state index is 0.0158. The van der Waals surface area contributed by atoms with Crippen LogP contribution in [0.5, 0.6) is 0 Å². The lowest BCUT2D eigenvalue weighted by Gasteiger charge is -2.31. The smallest absolute Gasteiger partial charge is 0.305 e. The highest BCUT2D eigenvalue weighted by Crippen LogP contribution is 2.60. The summed E-state index contributed by atoms with van der Waals surface area (Å²) in [5, 5.41) is 12.4. The molecule has 4 nitrogen and oxygen atoms in total. The molecule has 0 aliphatic heterocycles. The summed E-state index contributed by atoms with van der Waals surface area (Å²) in [5.41, 5.74) is 2.25. The van der Waals surface area contributed by atoms with Gasteiger partial charge in [-0.15, -0.1) is 0 Å². The summed E-state index contributed by atoms with van der Waals surface area (Å²) >= 11 is 0. The van der Waals surface area contributed by atoms with Gasteiger partial charge >= 0.3 is 5.97 Å². The average molecular weight is 327 g/mol. The van der Waals surface area contributed by atoms with Crippen LogP contribution in [0.15, 0.2) is 24.3 Å². The number of fused-ring (bicyclic) bond motifs is 2. The topological polar surface area (TPSA) is 66.4 Å². The number of hydrogen-bond acceptors (Lipinski definition) is 2. The standard InChI is InChI=1S/C20H25NO3/c22-17(23)13-19(9-3-4-10-19)21-18(24)16-12-20(16)11-5-7-14-6-1-2-8-15(14)20/h1-2,6,8,16H,3-5,7,9-13H2,(H,21,24)(H,22,23). The van der Waals surface area contributed by atoms with Crippen molar-refractivity contribution < 1.29 is 14.7 Å². The van der Waals surface area contributed by atoms with Crippen LogP contribution in [0.4, 0.5) is 0 Å². The van der Waals surface area contributed by atoms with Crippen molar-refractivity contribution >= 4 is 11.9 Å². The van der Waals surface area contributed by atoms with Crippen LogP contribution in [-0.2, 0) is 21.4 Å². The van der Waals surface area contributed by atoms with Crippen LogP contribution < -0.4 is 5.32 Å². The molecule has 1 aromatic carbocycles. The van der Waals surface area contributed by atoms with Gasteiger partial charge in [0, 0.05) is 11.3 Å². The molecule has 2 atom stereocenters. The number of aliphatic carboxylic acids is 1. The normalized spacial score (nSPS) is 29.9. The summed E-state index contributed by atoms with van der Waals surface area (Å²) < 4.78 is 0. The molecule has 0 aromatic heterocycles. The van der Waals surface area contributed by atoms with Crippen LogP contribution in [0.1, 0.15) is 62.5 Å². The van der Waals surface area contributed by atoms with Gasteiger partial charge in [0.2, 0.25) is 5.91 Å². The van der Waals surface area contributed by atoms with Gasteiger partial charge in [0.25, 0.3) is 0 Å². The molecule has 128 valence electrons. The summed E-state index contributed by atoms with van der Waals surface area (Å²) in [6.45, 7) is 0. The third-order valence-electron chi connectivity index (χ3n) is 6.45. The van der Waals surface area contributed by atoms with Crippen LogP contribution in [0.25, 0.3) is 0 Å². The van der Waals surface area contributed by atoms with E-state index in [9.17, 15) is 14.7 Å². The quantitative estimate of drug-likeness (QED) is 0.892. The van der Waals surface area contributed by atoms with Gasteiger partial charge in [-0.2, -0.15) is 0 Å². The van der Waals surface area contributed by atoms with Crippen LogP contribution in [-0.4, -0.2) is 22.5 Å². The zero-order chi connectivity index (χ0) is 16.8. The Balaban J connectivity index is 1.52. The number of carbonyl (C=O) groups is 2. The molecule has 2 fully saturated rings. The molecule has 2 N–H and O–H groups in total. The largest absolute Gasteiger partial charge is 0.481 e. The van der Waals surface area contributed by atoms with Crippen molar-refractivity contribution in [1.82, 2.24) is 5.32 Å². The third-order valence-corrected chi connectivity index (χ3v) is 6.45. The monoisotopic (exact) mass is 327 g/mol. The van der Waals surface area contributed by atoms with Crippen molar-refractivity contribution in [3.05, 3.63) is 35.4 Å². The molecule has 1 aromatic rings. The Labute approximate surface area is 142 Å². The molecule has 0 saturated heterocycles. The Hall–Kier alpha value is -1.84. The van der Waals surface area contributed by atoms with Crippen molar-refractivity contribution in [2.24, 2.45) is 5.92 Å². The van der Waals surface area contributed by atoms with E-state index in [0.29, 0.717) is 0 Å².